The Morgan fingerprint density at radius 1 is 1.77 bits per heavy atom. The zero-order valence-corrected chi connectivity index (χ0v) is 8.07. The van der Waals surface area contributed by atoms with Crippen molar-refractivity contribution in [3.05, 3.63) is 0 Å². The minimum atomic E-state index is -0.0903. The molecular formula is C9H18N2O2. The average molecular weight is 186 g/mol. The fourth-order valence-corrected chi connectivity index (χ4v) is 1.75. The summed E-state index contributed by atoms with van der Waals surface area (Å²) >= 11 is 0. The highest BCUT2D eigenvalue weighted by Gasteiger charge is 2.27. The van der Waals surface area contributed by atoms with Crippen molar-refractivity contribution in [2.45, 2.75) is 38.3 Å². The Hall–Kier alpha value is -0.610. The van der Waals surface area contributed by atoms with Crippen molar-refractivity contribution in [2.24, 2.45) is 5.73 Å². The molecule has 4 nitrogen and oxygen atoms in total. The Bertz CT molecular complexity index is 182. The van der Waals surface area contributed by atoms with Crippen LogP contribution in [0, 0.1) is 0 Å². The molecule has 3 N–H and O–H groups in total. The molecule has 76 valence electrons. The van der Waals surface area contributed by atoms with Crippen LogP contribution in [0.15, 0.2) is 0 Å². The van der Waals surface area contributed by atoms with Gasteiger partial charge in [0.25, 0.3) is 0 Å². The first-order valence-corrected chi connectivity index (χ1v) is 4.81. The number of hydrogen-bond acceptors (Lipinski definition) is 3. The molecule has 0 radical (unpaired) electrons. The summed E-state index contributed by atoms with van der Waals surface area (Å²) in [6, 6.07) is -0.0568. The molecule has 1 aliphatic heterocycles. The predicted molar refractivity (Wildman–Crippen MR) is 50.1 cm³/mol. The molecule has 4 heteroatoms. The van der Waals surface area contributed by atoms with E-state index in [1.165, 1.54) is 0 Å². The summed E-state index contributed by atoms with van der Waals surface area (Å²) in [6.07, 6.45) is 2.30. The maximum Gasteiger partial charge on any atom is 0.224 e. The normalized spacial score (nSPS) is 24.8. The highest BCUT2D eigenvalue weighted by atomic mass is 16.3. The standard InChI is InChI=1S/C9H18N2O2/c1-7(10)5-9(13)11-4-2-3-8(11)6-12/h7-8,12H,2-6,10H2,1H3/t7?,8-/m1/s1. The molecule has 0 aromatic heterocycles. The Morgan fingerprint density at radius 3 is 3.00 bits per heavy atom. The summed E-state index contributed by atoms with van der Waals surface area (Å²) in [6.45, 7) is 2.67. The Kier molecular flexibility index (Phi) is 3.69. The van der Waals surface area contributed by atoms with Gasteiger partial charge < -0.3 is 15.7 Å². The van der Waals surface area contributed by atoms with Crippen molar-refractivity contribution < 1.29 is 9.90 Å². The lowest BCUT2D eigenvalue weighted by atomic mass is 10.2. The largest absolute Gasteiger partial charge is 0.394 e. The number of aliphatic hydroxyl groups is 1. The van der Waals surface area contributed by atoms with Gasteiger partial charge in [0, 0.05) is 19.0 Å². The number of aliphatic hydroxyl groups excluding tert-OH is 1. The molecule has 0 aromatic rings. The van der Waals surface area contributed by atoms with Crippen molar-refractivity contribution in [3.8, 4) is 0 Å². The minimum absolute atomic E-state index is 0.0336. The van der Waals surface area contributed by atoms with E-state index >= 15 is 0 Å². The predicted octanol–water partition coefficient (Wildman–Crippen LogP) is -0.293. The topological polar surface area (TPSA) is 66.6 Å². The Labute approximate surface area is 78.7 Å². The summed E-state index contributed by atoms with van der Waals surface area (Å²) in [4.78, 5) is 13.3. The van der Waals surface area contributed by atoms with Gasteiger partial charge in [-0.05, 0) is 19.8 Å². The molecule has 13 heavy (non-hydrogen) atoms. The van der Waals surface area contributed by atoms with Crippen LogP contribution in [0.1, 0.15) is 26.2 Å². The molecule has 0 bridgehead atoms. The van der Waals surface area contributed by atoms with Gasteiger partial charge >= 0.3 is 0 Å². The first-order valence-electron chi connectivity index (χ1n) is 4.81. The Morgan fingerprint density at radius 2 is 2.46 bits per heavy atom. The van der Waals surface area contributed by atoms with Crippen LogP contribution >= 0.6 is 0 Å². The molecule has 1 rings (SSSR count). The number of carbonyl (C=O) groups is 1. The molecule has 0 spiro atoms. The molecule has 1 saturated heterocycles. The molecule has 1 unspecified atom stereocenters. The SMILES string of the molecule is CC(N)CC(=O)N1CCC[C@@H]1CO. The van der Waals surface area contributed by atoms with Crippen LogP contribution in [0.5, 0.6) is 0 Å². The number of amides is 1. The van der Waals surface area contributed by atoms with E-state index in [9.17, 15) is 4.79 Å². The molecule has 1 amide bonds. The van der Waals surface area contributed by atoms with Gasteiger partial charge in [-0.3, -0.25) is 4.79 Å². The van der Waals surface area contributed by atoms with E-state index in [0.29, 0.717) is 6.42 Å². The molecular weight excluding hydrogens is 168 g/mol. The second-order valence-electron chi connectivity index (χ2n) is 3.75. The van der Waals surface area contributed by atoms with E-state index in [0.717, 1.165) is 19.4 Å². The lowest BCUT2D eigenvalue weighted by Crippen LogP contribution is -2.39. The fraction of sp³-hybridized carbons (Fsp3) is 0.889. The monoisotopic (exact) mass is 186 g/mol. The first-order chi connectivity index (χ1) is 6.15. The number of nitrogens with zero attached hydrogens (tertiary/aromatic N) is 1. The molecule has 1 heterocycles. The van der Waals surface area contributed by atoms with Crippen LogP contribution < -0.4 is 5.73 Å². The van der Waals surface area contributed by atoms with Gasteiger partial charge in [0.1, 0.15) is 0 Å². The lowest BCUT2D eigenvalue weighted by molar-refractivity contribution is -0.132. The summed E-state index contributed by atoms with van der Waals surface area (Å²) < 4.78 is 0. The number of carbonyl (C=O) groups excluding carboxylic acids is 1. The fourth-order valence-electron chi connectivity index (χ4n) is 1.75. The average Bonchev–Trinajstić information content (AvgIpc) is 2.49. The van der Waals surface area contributed by atoms with Crippen LogP contribution in [0.3, 0.4) is 0 Å². The van der Waals surface area contributed by atoms with Gasteiger partial charge in [-0.2, -0.15) is 0 Å². The summed E-state index contributed by atoms with van der Waals surface area (Å²) in [5.41, 5.74) is 5.54. The second-order valence-corrected chi connectivity index (χ2v) is 3.75. The summed E-state index contributed by atoms with van der Waals surface area (Å²) in [5.74, 6) is 0.0755. The van der Waals surface area contributed by atoms with E-state index in [-0.39, 0.29) is 24.6 Å². The van der Waals surface area contributed by atoms with E-state index in [1.807, 2.05) is 6.92 Å². The molecule has 0 aromatic carbocycles. The number of likely N-dealkylation sites (tertiary alicyclic amines) is 1. The molecule has 1 fully saturated rings. The van der Waals surface area contributed by atoms with Crippen molar-refractivity contribution in [3.63, 3.8) is 0 Å². The number of nitrogens with two attached hydrogens (primary N) is 1. The molecule has 0 aliphatic carbocycles. The van der Waals surface area contributed by atoms with Crippen LogP contribution in [0.2, 0.25) is 0 Å². The lowest BCUT2D eigenvalue weighted by Gasteiger charge is -2.23. The second kappa shape index (κ2) is 4.58. The minimum Gasteiger partial charge on any atom is -0.394 e. The summed E-state index contributed by atoms with van der Waals surface area (Å²) in [5, 5.41) is 8.99. The van der Waals surface area contributed by atoms with Crippen LogP contribution in [0.25, 0.3) is 0 Å². The van der Waals surface area contributed by atoms with Crippen molar-refractivity contribution in [1.82, 2.24) is 4.90 Å². The van der Waals surface area contributed by atoms with Crippen LogP contribution in [0.4, 0.5) is 0 Å². The van der Waals surface area contributed by atoms with Gasteiger partial charge in [0.15, 0.2) is 0 Å². The summed E-state index contributed by atoms with van der Waals surface area (Å²) in [7, 11) is 0. The van der Waals surface area contributed by atoms with Gasteiger partial charge in [-0.1, -0.05) is 0 Å². The van der Waals surface area contributed by atoms with Gasteiger partial charge in [0.05, 0.1) is 12.6 Å². The first kappa shape index (κ1) is 10.5. The van der Waals surface area contributed by atoms with Crippen molar-refractivity contribution in [2.75, 3.05) is 13.2 Å². The number of rotatable bonds is 3. The van der Waals surface area contributed by atoms with E-state index in [1.54, 1.807) is 4.90 Å². The molecule has 0 saturated carbocycles. The van der Waals surface area contributed by atoms with E-state index in [4.69, 9.17) is 10.8 Å². The number of hydrogen-bond donors (Lipinski definition) is 2. The molecule has 1 aliphatic rings. The van der Waals surface area contributed by atoms with Crippen molar-refractivity contribution >= 4 is 5.91 Å². The van der Waals surface area contributed by atoms with Gasteiger partial charge in [-0.15, -0.1) is 0 Å². The highest BCUT2D eigenvalue weighted by Crippen LogP contribution is 2.17. The van der Waals surface area contributed by atoms with E-state index in [2.05, 4.69) is 0 Å². The van der Waals surface area contributed by atoms with Crippen LogP contribution in [-0.2, 0) is 4.79 Å². The quantitative estimate of drug-likeness (QED) is 0.636. The highest BCUT2D eigenvalue weighted by molar-refractivity contribution is 5.77. The third-order valence-corrected chi connectivity index (χ3v) is 2.40. The van der Waals surface area contributed by atoms with Crippen molar-refractivity contribution in [1.29, 1.82) is 0 Å². The maximum atomic E-state index is 11.6. The smallest absolute Gasteiger partial charge is 0.224 e. The third kappa shape index (κ3) is 2.67. The maximum absolute atomic E-state index is 11.6. The third-order valence-electron chi connectivity index (χ3n) is 2.40. The molecule has 2 atom stereocenters. The zero-order chi connectivity index (χ0) is 9.84. The van der Waals surface area contributed by atoms with Gasteiger partial charge in [-0.25, -0.2) is 0 Å². The Balaban J connectivity index is 2.45. The van der Waals surface area contributed by atoms with Gasteiger partial charge in [0.2, 0.25) is 5.91 Å². The zero-order valence-electron chi connectivity index (χ0n) is 8.07. The van der Waals surface area contributed by atoms with Crippen LogP contribution in [-0.4, -0.2) is 41.1 Å². The van der Waals surface area contributed by atoms with E-state index < -0.39 is 0 Å².